The van der Waals surface area contributed by atoms with Crippen LogP contribution in [0, 0.1) is 0 Å². The molecule has 2 N–H and O–H groups in total. The summed E-state index contributed by atoms with van der Waals surface area (Å²) in [5.74, 6) is 0.135. The van der Waals surface area contributed by atoms with Gasteiger partial charge in [0, 0.05) is 19.0 Å². The Morgan fingerprint density at radius 2 is 1.69 bits per heavy atom. The smallest absolute Gasteiger partial charge is 0.454 e. The third kappa shape index (κ3) is 4.53. The highest BCUT2D eigenvalue weighted by Crippen LogP contribution is 2.51. The summed E-state index contributed by atoms with van der Waals surface area (Å²) in [7, 11) is 0. The molecule has 5 rings (SSSR count). The van der Waals surface area contributed by atoms with Gasteiger partial charge in [0.25, 0.3) is 0 Å². The van der Waals surface area contributed by atoms with Gasteiger partial charge >= 0.3 is 6.36 Å². The number of hydrogen-bond donors (Lipinski definition) is 1. The van der Waals surface area contributed by atoms with Crippen LogP contribution in [0.5, 0.6) is 17.2 Å². The predicted molar refractivity (Wildman–Crippen MR) is 121 cm³/mol. The molecule has 1 saturated carbocycles. The minimum absolute atomic E-state index is 0. The first-order chi connectivity index (χ1) is 16.6. The molecule has 0 bridgehead atoms. The molecule has 1 fully saturated rings. The Kier molecular flexibility index (Phi) is 5.42. The number of fused-ring (bicyclic) bond motifs is 1. The first kappa shape index (κ1) is 22.8. The van der Waals surface area contributed by atoms with Crippen molar-refractivity contribution in [2.45, 2.75) is 31.0 Å². The van der Waals surface area contributed by atoms with E-state index in [1.54, 1.807) is 6.07 Å². The van der Waals surface area contributed by atoms with Gasteiger partial charge in [-0.1, -0.05) is 24.3 Å². The van der Waals surface area contributed by atoms with Crippen LogP contribution in [0.2, 0.25) is 0 Å². The molecule has 3 aromatic rings. The van der Waals surface area contributed by atoms with Crippen LogP contribution in [-0.2, 0) is 16.6 Å². The van der Waals surface area contributed by atoms with Gasteiger partial charge in [0.05, 0.1) is 5.41 Å². The molecule has 1 heterocycles. The van der Waals surface area contributed by atoms with Crippen molar-refractivity contribution >= 4 is 11.7 Å². The molecule has 1 aliphatic heterocycles. The number of halogens is 3. The molecule has 2 aliphatic rings. The number of alkyl halides is 3. The molecular weight excluding hydrogens is 463 g/mol. The van der Waals surface area contributed by atoms with Crippen LogP contribution in [0.4, 0.5) is 13.2 Å². The minimum atomic E-state index is -4.89. The molecule has 0 unspecified atom stereocenters. The largest absolute Gasteiger partial charge is 0.573 e. The number of carbonyl (C=O) groups excluding carboxylic acids is 2. The Morgan fingerprint density at radius 1 is 0.971 bits per heavy atom. The van der Waals surface area contributed by atoms with E-state index in [4.69, 9.17) is 15.2 Å². The van der Waals surface area contributed by atoms with E-state index in [0.717, 1.165) is 5.56 Å². The normalized spacial score (nSPS) is 15.5. The number of rotatable bonds is 7. The maximum atomic E-state index is 13.3. The number of ether oxygens (including phenoxy) is 3. The Hall–Kier alpha value is -4.01. The van der Waals surface area contributed by atoms with Crippen molar-refractivity contribution in [2.24, 2.45) is 5.73 Å². The maximum absolute atomic E-state index is 13.3. The molecule has 9 heteroatoms. The lowest BCUT2D eigenvalue weighted by Crippen LogP contribution is -2.22. The van der Waals surface area contributed by atoms with Gasteiger partial charge in [-0.2, -0.15) is 0 Å². The van der Waals surface area contributed by atoms with E-state index in [1.165, 1.54) is 42.5 Å². The van der Waals surface area contributed by atoms with E-state index in [1.807, 2.05) is 12.1 Å². The van der Waals surface area contributed by atoms with Crippen LogP contribution in [0.1, 0.15) is 35.8 Å². The fourth-order valence-corrected chi connectivity index (χ4v) is 4.34. The van der Waals surface area contributed by atoms with E-state index in [2.05, 4.69) is 4.74 Å². The van der Waals surface area contributed by atoms with Crippen molar-refractivity contribution in [3.05, 3.63) is 77.4 Å². The number of primary amides is 1. The second-order valence-corrected chi connectivity index (χ2v) is 8.57. The lowest BCUT2D eigenvalue weighted by atomic mass is 9.87. The van der Waals surface area contributed by atoms with Crippen molar-refractivity contribution in [1.29, 1.82) is 0 Å². The summed E-state index contributed by atoms with van der Waals surface area (Å²) in [4.78, 5) is 24.7. The SMILES string of the molecule is NC(=O)c1ccc(-c2cc(CC(=O)C3(c4ccc5c(c4)OCO5)CC3)ccc2OC(F)(F)F)cc1.[HH]. The van der Waals surface area contributed by atoms with E-state index in [9.17, 15) is 22.8 Å². The highest BCUT2D eigenvalue weighted by molar-refractivity contribution is 5.95. The summed E-state index contributed by atoms with van der Waals surface area (Å²) in [5.41, 5.74) is 6.75. The van der Waals surface area contributed by atoms with Crippen LogP contribution >= 0.6 is 0 Å². The standard InChI is InChI=1S/C26H20F3NO5.H2/c27-26(28,29)35-20-7-1-15(11-19(20)16-2-4-17(5-3-16)24(30)32)12-23(31)25(9-10-25)18-6-8-21-22(13-18)34-14-33-21;/h1-8,11,13H,9-10,12,14H2,(H2,30,32);1H. The number of ketones is 1. The molecule has 0 spiro atoms. The molecule has 6 nitrogen and oxygen atoms in total. The molecule has 0 atom stereocenters. The Balaban J connectivity index is 0.00000304. The summed E-state index contributed by atoms with van der Waals surface area (Å²) in [6.07, 6.45) is -3.49. The summed E-state index contributed by atoms with van der Waals surface area (Å²) in [5, 5.41) is 0. The Labute approximate surface area is 199 Å². The summed E-state index contributed by atoms with van der Waals surface area (Å²) < 4.78 is 54.0. The zero-order valence-electron chi connectivity index (χ0n) is 18.4. The molecule has 1 amide bonds. The van der Waals surface area contributed by atoms with Gasteiger partial charge in [0.15, 0.2) is 11.5 Å². The van der Waals surface area contributed by atoms with Crippen LogP contribution in [0.25, 0.3) is 11.1 Å². The Morgan fingerprint density at radius 3 is 2.34 bits per heavy atom. The topological polar surface area (TPSA) is 87.9 Å². The highest BCUT2D eigenvalue weighted by atomic mass is 19.4. The fourth-order valence-electron chi connectivity index (χ4n) is 4.34. The average Bonchev–Trinajstić information content (AvgIpc) is 3.50. The number of benzene rings is 3. The maximum Gasteiger partial charge on any atom is 0.573 e. The zero-order chi connectivity index (χ0) is 24.8. The summed E-state index contributed by atoms with van der Waals surface area (Å²) in [6.45, 7) is 0.134. The first-order valence-electron chi connectivity index (χ1n) is 10.9. The minimum Gasteiger partial charge on any atom is -0.454 e. The number of nitrogens with two attached hydrogens (primary N) is 1. The lowest BCUT2D eigenvalue weighted by molar-refractivity contribution is -0.274. The predicted octanol–water partition coefficient (Wildman–Crippen LogP) is 5.17. The molecule has 3 aromatic carbocycles. The number of Topliss-reactive ketones (excluding diaryl/α,β-unsaturated/α-hetero) is 1. The molecule has 0 aromatic heterocycles. The average molecular weight is 485 g/mol. The van der Waals surface area contributed by atoms with E-state index in [0.29, 0.717) is 35.5 Å². The third-order valence-corrected chi connectivity index (χ3v) is 6.32. The second kappa shape index (κ2) is 8.33. The van der Waals surface area contributed by atoms with Crippen LogP contribution in [0.3, 0.4) is 0 Å². The fraction of sp³-hybridized carbons (Fsp3) is 0.231. The van der Waals surface area contributed by atoms with Gasteiger partial charge in [-0.3, -0.25) is 9.59 Å². The number of hydrogen-bond acceptors (Lipinski definition) is 5. The van der Waals surface area contributed by atoms with Crippen LogP contribution in [0.15, 0.2) is 60.7 Å². The van der Waals surface area contributed by atoms with Gasteiger partial charge in [-0.15, -0.1) is 13.2 Å². The van der Waals surface area contributed by atoms with E-state index >= 15 is 0 Å². The van der Waals surface area contributed by atoms with Gasteiger partial charge in [0.1, 0.15) is 11.5 Å². The van der Waals surface area contributed by atoms with E-state index in [-0.39, 0.29) is 31.6 Å². The third-order valence-electron chi connectivity index (χ3n) is 6.32. The zero-order valence-corrected chi connectivity index (χ0v) is 18.4. The van der Waals surface area contributed by atoms with E-state index < -0.39 is 23.4 Å². The van der Waals surface area contributed by atoms with Crippen molar-refractivity contribution in [3.8, 4) is 28.4 Å². The monoisotopic (exact) mass is 485 g/mol. The second-order valence-electron chi connectivity index (χ2n) is 8.57. The van der Waals surface area contributed by atoms with Crippen molar-refractivity contribution in [2.75, 3.05) is 6.79 Å². The van der Waals surface area contributed by atoms with Crippen LogP contribution in [-0.4, -0.2) is 24.8 Å². The summed E-state index contributed by atoms with van der Waals surface area (Å²) >= 11 is 0. The summed E-state index contributed by atoms with van der Waals surface area (Å²) in [6, 6.07) is 15.4. The van der Waals surface area contributed by atoms with Gasteiger partial charge in [-0.05, 0) is 65.9 Å². The molecule has 0 saturated heterocycles. The van der Waals surface area contributed by atoms with Gasteiger partial charge < -0.3 is 19.9 Å². The van der Waals surface area contributed by atoms with Crippen molar-refractivity contribution in [3.63, 3.8) is 0 Å². The molecule has 182 valence electrons. The van der Waals surface area contributed by atoms with Crippen LogP contribution < -0.4 is 19.9 Å². The first-order valence-corrected chi connectivity index (χ1v) is 10.9. The molecular formula is C26H22F3NO5. The van der Waals surface area contributed by atoms with Crippen molar-refractivity contribution in [1.82, 2.24) is 0 Å². The molecule has 1 aliphatic carbocycles. The van der Waals surface area contributed by atoms with Gasteiger partial charge in [-0.25, -0.2) is 0 Å². The number of carbonyl (C=O) groups is 2. The number of amides is 1. The van der Waals surface area contributed by atoms with Crippen molar-refractivity contribution < 1.29 is 38.4 Å². The molecule has 35 heavy (non-hydrogen) atoms. The molecule has 0 radical (unpaired) electrons. The van der Waals surface area contributed by atoms with Gasteiger partial charge in [0.2, 0.25) is 12.7 Å². The lowest BCUT2D eigenvalue weighted by Gasteiger charge is -2.17. The Bertz CT molecular complexity index is 1320. The quantitative estimate of drug-likeness (QED) is 0.499. The highest BCUT2D eigenvalue weighted by Gasteiger charge is 2.50.